The van der Waals surface area contributed by atoms with Gasteiger partial charge in [0, 0.05) is 5.56 Å². The number of amides is 1. The fourth-order valence-electron chi connectivity index (χ4n) is 2.14. The third kappa shape index (κ3) is 4.91. The van der Waals surface area contributed by atoms with Crippen LogP contribution in [0.1, 0.15) is 29.8 Å². The third-order valence-electron chi connectivity index (χ3n) is 3.54. The average Bonchev–Trinajstić information content (AvgIpc) is 2.58. The Morgan fingerprint density at radius 2 is 1.67 bits per heavy atom. The molecule has 4 nitrogen and oxygen atoms in total. The van der Waals surface area contributed by atoms with E-state index in [4.69, 9.17) is 4.74 Å². The maximum absolute atomic E-state index is 12.9. The van der Waals surface area contributed by atoms with Crippen molar-refractivity contribution < 1.29 is 18.7 Å². The van der Waals surface area contributed by atoms with Crippen LogP contribution in [0.3, 0.4) is 0 Å². The summed E-state index contributed by atoms with van der Waals surface area (Å²) in [7, 11) is 0. The lowest BCUT2D eigenvalue weighted by Gasteiger charge is -2.21. The Hall–Kier alpha value is -2.69. The fraction of sp³-hybridized carbons (Fsp3) is 0.263. The molecule has 0 saturated carbocycles. The van der Waals surface area contributed by atoms with Gasteiger partial charge >= 0.3 is 5.97 Å². The Morgan fingerprint density at radius 3 is 2.25 bits per heavy atom. The molecule has 24 heavy (non-hydrogen) atoms. The Kier molecular flexibility index (Phi) is 6.07. The molecule has 2 aromatic rings. The largest absolute Gasteiger partial charge is 0.459 e. The molecule has 0 aliphatic heterocycles. The number of hydrogen-bond donors (Lipinski definition) is 1. The summed E-state index contributed by atoms with van der Waals surface area (Å²) in [6, 6.07) is 13.7. The van der Waals surface area contributed by atoms with Crippen LogP contribution < -0.4 is 5.32 Å². The molecule has 0 spiro atoms. The molecule has 0 bridgehead atoms. The summed E-state index contributed by atoms with van der Waals surface area (Å²) < 4.78 is 18.2. The van der Waals surface area contributed by atoms with Crippen molar-refractivity contribution in [1.82, 2.24) is 5.32 Å². The number of nitrogens with one attached hydrogen (secondary N) is 1. The van der Waals surface area contributed by atoms with Gasteiger partial charge in [-0.3, -0.25) is 4.79 Å². The van der Waals surface area contributed by atoms with Crippen LogP contribution >= 0.6 is 0 Å². The second-order valence-electron chi connectivity index (χ2n) is 5.80. The molecule has 0 saturated heterocycles. The number of rotatable bonds is 6. The van der Waals surface area contributed by atoms with Gasteiger partial charge in [-0.2, -0.15) is 0 Å². The van der Waals surface area contributed by atoms with Crippen molar-refractivity contribution >= 4 is 11.9 Å². The summed E-state index contributed by atoms with van der Waals surface area (Å²) >= 11 is 0. The Balaban J connectivity index is 1.99. The van der Waals surface area contributed by atoms with Crippen molar-refractivity contribution in [1.29, 1.82) is 0 Å². The maximum atomic E-state index is 12.9. The molecule has 5 heteroatoms. The van der Waals surface area contributed by atoms with Gasteiger partial charge < -0.3 is 10.1 Å². The second kappa shape index (κ2) is 8.24. The summed E-state index contributed by atoms with van der Waals surface area (Å²) in [6.45, 7) is 3.79. The molecular formula is C19H20FNO3. The highest BCUT2D eigenvalue weighted by atomic mass is 19.1. The van der Waals surface area contributed by atoms with Gasteiger partial charge in [0.25, 0.3) is 5.91 Å². The van der Waals surface area contributed by atoms with Gasteiger partial charge in [0.15, 0.2) is 0 Å². The molecule has 1 atom stereocenters. The minimum atomic E-state index is -0.772. The fourth-order valence-corrected chi connectivity index (χ4v) is 2.14. The van der Waals surface area contributed by atoms with Crippen LogP contribution in [0.5, 0.6) is 0 Å². The van der Waals surface area contributed by atoms with E-state index in [9.17, 15) is 14.0 Å². The molecule has 2 rings (SSSR count). The molecule has 0 fully saturated rings. The van der Waals surface area contributed by atoms with Crippen molar-refractivity contribution in [3.8, 4) is 0 Å². The zero-order valence-corrected chi connectivity index (χ0v) is 13.7. The molecular weight excluding hydrogens is 309 g/mol. The standard InChI is InChI=1S/C19H20FNO3/c1-13(2)17(19(23)24-12-14-6-4-3-5-7-14)21-18(22)15-8-10-16(20)11-9-15/h3-11,13,17H,12H2,1-2H3,(H,21,22)/t17-/m1/s1. The van der Waals surface area contributed by atoms with Gasteiger partial charge in [-0.15, -0.1) is 0 Å². The lowest BCUT2D eigenvalue weighted by Crippen LogP contribution is -2.45. The van der Waals surface area contributed by atoms with Crippen molar-refractivity contribution in [3.05, 3.63) is 71.5 Å². The van der Waals surface area contributed by atoms with Crippen LogP contribution in [-0.2, 0) is 16.1 Å². The first-order valence-electron chi connectivity index (χ1n) is 7.74. The Bertz CT molecular complexity index is 684. The summed E-state index contributed by atoms with van der Waals surface area (Å²) in [5.74, 6) is -1.50. The number of ether oxygens (including phenoxy) is 1. The van der Waals surface area contributed by atoms with Crippen molar-refractivity contribution in [3.63, 3.8) is 0 Å². The van der Waals surface area contributed by atoms with Crippen LogP contribution in [-0.4, -0.2) is 17.9 Å². The highest BCUT2D eigenvalue weighted by Crippen LogP contribution is 2.09. The van der Waals surface area contributed by atoms with Crippen LogP contribution in [0.25, 0.3) is 0 Å². The smallest absolute Gasteiger partial charge is 0.329 e. The first kappa shape index (κ1) is 17.7. The number of carbonyl (C=O) groups is 2. The zero-order valence-electron chi connectivity index (χ0n) is 13.7. The normalized spacial score (nSPS) is 11.8. The average molecular weight is 329 g/mol. The topological polar surface area (TPSA) is 55.4 Å². The van der Waals surface area contributed by atoms with Crippen molar-refractivity contribution in [2.24, 2.45) is 5.92 Å². The number of halogens is 1. The zero-order chi connectivity index (χ0) is 17.5. The van der Waals surface area contributed by atoms with Gasteiger partial charge in [-0.25, -0.2) is 9.18 Å². The maximum Gasteiger partial charge on any atom is 0.329 e. The molecule has 126 valence electrons. The lowest BCUT2D eigenvalue weighted by molar-refractivity contribution is -0.148. The Labute approximate surface area is 140 Å². The summed E-state index contributed by atoms with van der Waals surface area (Å²) in [6.07, 6.45) is 0. The van der Waals surface area contributed by atoms with Crippen molar-refractivity contribution in [2.45, 2.75) is 26.5 Å². The minimum absolute atomic E-state index is 0.141. The SMILES string of the molecule is CC(C)[C@@H](NC(=O)c1ccc(F)cc1)C(=O)OCc1ccccc1. The highest BCUT2D eigenvalue weighted by Gasteiger charge is 2.26. The monoisotopic (exact) mass is 329 g/mol. The first-order valence-corrected chi connectivity index (χ1v) is 7.74. The van der Waals surface area contributed by atoms with E-state index in [-0.39, 0.29) is 18.1 Å². The van der Waals surface area contributed by atoms with Crippen LogP contribution in [0.2, 0.25) is 0 Å². The second-order valence-corrected chi connectivity index (χ2v) is 5.80. The highest BCUT2D eigenvalue weighted by molar-refractivity contribution is 5.96. The molecule has 0 aromatic heterocycles. The van der Waals surface area contributed by atoms with E-state index in [0.29, 0.717) is 0 Å². The number of carbonyl (C=O) groups excluding carboxylic acids is 2. The van der Waals surface area contributed by atoms with Gasteiger partial charge in [0.1, 0.15) is 18.5 Å². The lowest BCUT2D eigenvalue weighted by atomic mass is 10.0. The molecule has 2 aromatic carbocycles. The van der Waals surface area contributed by atoms with Gasteiger partial charge in [-0.05, 0) is 35.7 Å². The van der Waals surface area contributed by atoms with E-state index < -0.39 is 23.7 Å². The van der Waals surface area contributed by atoms with E-state index in [1.165, 1.54) is 24.3 Å². The predicted octanol–water partition coefficient (Wildman–Crippen LogP) is 3.32. The predicted molar refractivity (Wildman–Crippen MR) is 88.7 cm³/mol. The van der Waals surface area contributed by atoms with Crippen LogP contribution in [0.15, 0.2) is 54.6 Å². The molecule has 0 aliphatic carbocycles. The summed E-state index contributed by atoms with van der Waals surface area (Å²) in [4.78, 5) is 24.5. The van der Waals surface area contributed by atoms with Gasteiger partial charge in [0.2, 0.25) is 0 Å². The molecule has 1 N–H and O–H groups in total. The quantitative estimate of drug-likeness (QED) is 0.827. The van der Waals surface area contributed by atoms with E-state index >= 15 is 0 Å². The van der Waals surface area contributed by atoms with Crippen molar-refractivity contribution in [2.75, 3.05) is 0 Å². The van der Waals surface area contributed by atoms with Gasteiger partial charge in [0.05, 0.1) is 0 Å². The summed E-state index contributed by atoms with van der Waals surface area (Å²) in [5, 5.41) is 2.65. The van der Waals surface area contributed by atoms with Crippen LogP contribution in [0.4, 0.5) is 4.39 Å². The summed E-state index contributed by atoms with van der Waals surface area (Å²) in [5.41, 5.74) is 1.16. The Morgan fingerprint density at radius 1 is 1.04 bits per heavy atom. The number of benzene rings is 2. The molecule has 0 radical (unpaired) electrons. The minimum Gasteiger partial charge on any atom is -0.459 e. The molecule has 1 amide bonds. The number of esters is 1. The molecule has 0 aliphatic rings. The molecule has 0 heterocycles. The van der Waals surface area contributed by atoms with E-state index in [0.717, 1.165) is 5.56 Å². The third-order valence-corrected chi connectivity index (χ3v) is 3.54. The van der Waals surface area contributed by atoms with E-state index in [2.05, 4.69) is 5.32 Å². The number of hydrogen-bond acceptors (Lipinski definition) is 3. The van der Waals surface area contributed by atoms with E-state index in [1.54, 1.807) is 0 Å². The first-order chi connectivity index (χ1) is 11.5. The van der Waals surface area contributed by atoms with E-state index in [1.807, 2.05) is 44.2 Å². The van der Waals surface area contributed by atoms with Gasteiger partial charge in [-0.1, -0.05) is 44.2 Å². The van der Waals surface area contributed by atoms with Crippen LogP contribution in [0, 0.1) is 11.7 Å². The molecule has 0 unspecified atom stereocenters.